The number of rotatable bonds is 8. The summed E-state index contributed by atoms with van der Waals surface area (Å²) >= 11 is 1.65. The lowest BCUT2D eigenvalue weighted by atomic mass is 10.1. The van der Waals surface area contributed by atoms with Gasteiger partial charge in [0.25, 0.3) is 5.91 Å². The third-order valence-corrected chi connectivity index (χ3v) is 8.17. The number of nitrogens with one attached hydrogen (secondary N) is 1. The van der Waals surface area contributed by atoms with Gasteiger partial charge < -0.3 is 15.1 Å². The van der Waals surface area contributed by atoms with Gasteiger partial charge in [0, 0.05) is 44.3 Å². The standard InChI is InChI=1S/C21H30N4O3S2/c1-23(2)19(20-8-7-13-29-20)15-22-21(26)17-14-16(30(27,28)24(3)4)9-10-18(17)25-11-5-6-12-25/h7-10,13-14,19H,5-6,11-12,15H2,1-4H3,(H,22,26). The molecule has 1 unspecified atom stereocenters. The second-order valence-corrected chi connectivity index (χ2v) is 11.0. The number of carbonyl (C=O) groups is 1. The Hall–Kier alpha value is -1.94. The molecule has 1 amide bonds. The molecule has 1 atom stereocenters. The first kappa shape index (κ1) is 22.7. The van der Waals surface area contributed by atoms with Crippen LogP contribution in [0.3, 0.4) is 0 Å². The Kier molecular flexibility index (Phi) is 7.18. The lowest BCUT2D eigenvalue weighted by molar-refractivity contribution is 0.0942. The molecule has 1 fully saturated rings. The smallest absolute Gasteiger partial charge is 0.253 e. The third-order valence-electron chi connectivity index (χ3n) is 5.39. The summed E-state index contributed by atoms with van der Waals surface area (Å²) in [6, 6.07) is 8.97. The van der Waals surface area contributed by atoms with Crippen LogP contribution in [0.4, 0.5) is 5.69 Å². The van der Waals surface area contributed by atoms with Crippen molar-refractivity contribution in [2.24, 2.45) is 0 Å². The summed E-state index contributed by atoms with van der Waals surface area (Å²) in [5.41, 5.74) is 1.20. The lowest BCUT2D eigenvalue weighted by Crippen LogP contribution is -2.35. The Balaban J connectivity index is 1.90. The highest BCUT2D eigenvalue weighted by Gasteiger charge is 2.25. The summed E-state index contributed by atoms with van der Waals surface area (Å²) in [6.07, 6.45) is 2.14. The van der Waals surface area contributed by atoms with E-state index in [1.807, 2.05) is 25.5 Å². The van der Waals surface area contributed by atoms with Gasteiger partial charge in [-0.15, -0.1) is 11.3 Å². The Morgan fingerprint density at radius 3 is 2.43 bits per heavy atom. The van der Waals surface area contributed by atoms with Crippen LogP contribution in [-0.2, 0) is 10.0 Å². The van der Waals surface area contributed by atoms with E-state index in [-0.39, 0.29) is 16.8 Å². The SMILES string of the molecule is CN(C)C(CNC(=O)c1cc(S(=O)(=O)N(C)C)ccc1N1CCCC1)c1cccs1. The van der Waals surface area contributed by atoms with Gasteiger partial charge in [0.15, 0.2) is 0 Å². The summed E-state index contributed by atoms with van der Waals surface area (Å²) in [7, 11) is 3.32. The number of nitrogens with zero attached hydrogens (tertiary/aromatic N) is 3. The molecule has 1 aromatic heterocycles. The average molecular weight is 451 g/mol. The average Bonchev–Trinajstić information content (AvgIpc) is 3.41. The van der Waals surface area contributed by atoms with Crippen molar-refractivity contribution >= 4 is 33.0 Å². The summed E-state index contributed by atoms with van der Waals surface area (Å²) in [4.78, 5) is 18.7. The van der Waals surface area contributed by atoms with Crippen molar-refractivity contribution in [2.45, 2.75) is 23.8 Å². The Morgan fingerprint density at radius 2 is 1.87 bits per heavy atom. The molecule has 1 aromatic carbocycles. The minimum absolute atomic E-state index is 0.0536. The third kappa shape index (κ3) is 4.85. The Morgan fingerprint density at radius 1 is 1.17 bits per heavy atom. The Labute approximate surface area is 183 Å². The number of likely N-dealkylation sites (N-methyl/N-ethyl adjacent to an activating group) is 1. The molecule has 1 saturated heterocycles. The van der Waals surface area contributed by atoms with Crippen molar-refractivity contribution in [3.8, 4) is 0 Å². The van der Waals surface area contributed by atoms with E-state index in [1.54, 1.807) is 23.5 Å². The predicted octanol–water partition coefficient (Wildman–Crippen LogP) is 2.63. The molecule has 164 valence electrons. The molecular formula is C21H30N4O3S2. The van der Waals surface area contributed by atoms with E-state index in [4.69, 9.17) is 0 Å². The highest BCUT2D eigenvalue weighted by Crippen LogP contribution is 2.29. The molecule has 0 saturated carbocycles. The summed E-state index contributed by atoms with van der Waals surface area (Å²) in [6.45, 7) is 2.18. The zero-order chi connectivity index (χ0) is 21.9. The van der Waals surface area contributed by atoms with Crippen molar-refractivity contribution in [3.63, 3.8) is 0 Å². The van der Waals surface area contributed by atoms with Gasteiger partial charge in [-0.1, -0.05) is 6.07 Å². The van der Waals surface area contributed by atoms with Gasteiger partial charge in [-0.2, -0.15) is 0 Å². The van der Waals surface area contributed by atoms with Crippen LogP contribution in [0.25, 0.3) is 0 Å². The number of hydrogen-bond acceptors (Lipinski definition) is 6. The van der Waals surface area contributed by atoms with Crippen molar-refractivity contribution in [1.82, 2.24) is 14.5 Å². The lowest BCUT2D eigenvalue weighted by Gasteiger charge is -2.25. The molecule has 9 heteroatoms. The fourth-order valence-electron chi connectivity index (χ4n) is 3.61. The molecule has 0 bridgehead atoms. The van der Waals surface area contributed by atoms with Crippen LogP contribution in [-0.4, -0.2) is 71.4 Å². The monoisotopic (exact) mass is 450 g/mol. The van der Waals surface area contributed by atoms with Crippen LogP contribution in [0.2, 0.25) is 0 Å². The number of benzene rings is 1. The molecular weight excluding hydrogens is 420 g/mol. The van der Waals surface area contributed by atoms with E-state index in [9.17, 15) is 13.2 Å². The quantitative estimate of drug-likeness (QED) is 0.669. The van der Waals surface area contributed by atoms with Gasteiger partial charge in [-0.25, -0.2) is 12.7 Å². The molecule has 1 N–H and O–H groups in total. The van der Waals surface area contributed by atoms with Crippen LogP contribution < -0.4 is 10.2 Å². The molecule has 0 radical (unpaired) electrons. The minimum Gasteiger partial charge on any atom is -0.371 e. The number of amides is 1. The Bertz CT molecular complexity index is 966. The molecule has 0 spiro atoms. The number of sulfonamides is 1. The van der Waals surface area contributed by atoms with Crippen LogP contribution in [0.1, 0.15) is 34.1 Å². The highest BCUT2D eigenvalue weighted by molar-refractivity contribution is 7.89. The van der Waals surface area contributed by atoms with Gasteiger partial charge >= 0.3 is 0 Å². The molecule has 1 aliphatic rings. The summed E-state index contributed by atoms with van der Waals surface area (Å²) < 4.78 is 26.4. The van der Waals surface area contributed by atoms with Crippen LogP contribution >= 0.6 is 11.3 Å². The van der Waals surface area contributed by atoms with Gasteiger partial charge in [0.2, 0.25) is 10.0 Å². The second kappa shape index (κ2) is 9.47. The summed E-state index contributed by atoms with van der Waals surface area (Å²) in [5.74, 6) is -0.254. The number of thiophene rings is 1. The molecule has 2 aromatic rings. The first-order valence-electron chi connectivity index (χ1n) is 10.0. The van der Waals surface area contributed by atoms with Crippen LogP contribution in [0.15, 0.2) is 40.6 Å². The van der Waals surface area contributed by atoms with Crippen LogP contribution in [0.5, 0.6) is 0 Å². The van der Waals surface area contributed by atoms with E-state index in [2.05, 4.69) is 21.2 Å². The topological polar surface area (TPSA) is 73.0 Å². The van der Waals surface area contributed by atoms with Gasteiger partial charge in [-0.3, -0.25) is 4.79 Å². The molecule has 2 heterocycles. The number of anilines is 1. The van der Waals surface area contributed by atoms with E-state index < -0.39 is 10.0 Å². The van der Waals surface area contributed by atoms with Gasteiger partial charge in [0.05, 0.1) is 16.5 Å². The zero-order valence-electron chi connectivity index (χ0n) is 18.0. The minimum atomic E-state index is -3.63. The highest BCUT2D eigenvalue weighted by atomic mass is 32.2. The first-order valence-corrected chi connectivity index (χ1v) is 12.3. The van der Waals surface area contributed by atoms with E-state index in [0.29, 0.717) is 12.1 Å². The predicted molar refractivity (Wildman–Crippen MR) is 122 cm³/mol. The van der Waals surface area contributed by atoms with Crippen molar-refractivity contribution < 1.29 is 13.2 Å². The zero-order valence-corrected chi connectivity index (χ0v) is 19.6. The molecule has 3 rings (SSSR count). The van der Waals surface area contributed by atoms with E-state index >= 15 is 0 Å². The molecule has 7 nitrogen and oxygen atoms in total. The second-order valence-electron chi connectivity index (χ2n) is 7.87. The maximum absolute atomic E-state index is 13.2. The fourth-order valence-corrected chi connectivity index (χ4v) is 5.46. The molecule has 0 aliphatic carbocycles. The van der Waals surface area contributed by atoms with Crippen molar-refractivity contribution in [3.05, 3.63) is 46.2 Å². The summed E-state index contributed by atoms with van der Waals surface area (Å²) in [5, 5.41) is 5.05. The van der Waals surface area contributed by atoms with Crippen molar-refractivity contribution in [1.29, 1.82) is 0 Å². The van der Waals surface area contributed by atoms with Gasteiger partial charge in [-0.05, 0) is 56.6 Å². The van der Waals surface area contributed by atoms with Gasteiger partial charge in [0.1, 0.15) is 0 Å². The number of hydrogen-bond donors (Lipinski definition) is 1. The molecule has 1 aliphatic heterocycles. The van der Waals surface area contributed by atoms with Crippen LogP contribution in [0, 0.1) is 0 Å². The maximum Gasteiger partial charge on any atom is 0.253 e. The largest absolute Gasteiger partial charge is 0.371 e. The van der Waals surface area contributed by atoms with E-state index in [1.165, 1.54) is 29.3 Å². The normalized spacial score (nSPS) is 15.7. The fraction of sp³-hybridized carbons (Fsp3) is 0.476. The molecule has 30 heavy (non-hydrogen) atoms. The van der Waals surface area contributed by atoms with E-state index in [0.717, 1.165) is 31.6 Å². The maximum atomic E-state index is 13.2. The van der Waals surface area contributed by atoms with Crippen molar-refractivity contribution in [2.75, 3.05) is 52.7 Å². The first-order chi connectivity index (χ1) is 14.2. The number of carbonyl (C=O) groups excluding carboxylic acids is 1.